The highest BCUT2D eigenvalue weighted by Gasteiger charge is 1.81. The van der Waals surface area contributed by atoms with E-state index >= 15 is 0 Å². The van der Waals surface area contributed by atoms with Gasteiger partial charge in [-0.1, -0.05) is 0 Å². The Bertz CT molecular complexity index is 103. The summed E-state index contributed by atoms with van der Waals surface area (Å²) in [5.41, 5.74) is 0. The van der Waals surface area contributed by atoms with Crippen molar-refractivity contribution in [2.75, 3.05) is 20.2 Å². The molecule has 0 aromatic rings. The molecule has 0 radical (unpaired) electrons. The predicted octanol–water partition coefficient (Wildman–Crippen LogP) is 0.397. The molecule has 3 nitrogen and oxygen atoms in total. The molecule has 0 saturated heterocycles. The van der Waals surface area contributed by atoms with Crippen molar-refractivity contribution in [3.05, 3.63) is 0 Å². The zero-order chi connectivity index (χ0) is 6.41. The summed E-state index contributed by atoms with van der Waals surface area (Å²) in [6.07, 6.45) is 3.17. The molecule has 0 bridgehead atoms. The molecule has 1 N–H and O–H groups in total. The van der Waals surface area contributed by atoms with Crippen molar-refractivity contribution in [1.29, 1.82) is 0 Å². The SMILES string of the molecule is C=P(=O)OCCNC. The average molecular weight is 135 g/mol. The fourth-order valence-electron chi connectivity index (χ4n) is 0.250. The lowest BCUT2D eigenvalue weighted by molar-refractivity contribution is 0.340. The fourth-order valence-corrected chi connectivity index (χ4v) is 0.544. The minimum atomic E-state index is -1.65. The highest BCUT2D eigenvalue weighted by Crippen LogP contribution is 2.00. The Labute approximate surface area is 49.5 Å². The lowest BCUT2D eigenvalue weighted by atomic mass is 10.7. The van der Waals surface area contributed by atoms with E-state index in [-0.39, 0.29) is 0 Å². The second-order valence-electron chi connectivity index (χ2n) is 1.27. The van der Waals surface area contributed by atoms with Gasteiger partial charge in [0.2, 0.25) is 7.65 Å². The molecule has 4 heteroatoms. The van der Waals surface area contributed by atoms with Crippen molar-refractivity contribution < 1.29 is 9.09 Å². The van der Waals surface area contributed by atoms with E-state index in [0.29, 0.717) is 6.61 Å². The molecule has 0 rings (SSSR count). The monoisotopic (exact) mass is 135 g/mol. The van der Waals surface area contributed by atoms with E-state index in [0.717, 1.165) is 6.54 Å². The Morgan fingerprint density at radius 1 is 1.88 bits per heavy atom. The second kappa shape index (κ2) is 5.04. The molecule has 0 aromatic carbocycles. The van der Waals surface area contributed by atoms with Gasteiger partial charge in [0.1, 0.15) is 0 Å². The summed E-state index contributed by atoms with van der Waals surface area (Å²) >= 11 is 0. The third-order valence-electron chi connectivity index (χ3n) is 0.587. The third kappa shape index (κ3) is 5.89. The predicted molar refractivity (Wildman–Crippen MR) is 34.6 cm³/mol. The summed E-state index contributed by atoms with van der Waals surface area (Å²) in [4.78, 5) is 0. The molecule has 1 unspecified atom stereocenters. The minimum Gasteiger partial charge on any atom is -0.317 e. The minimum absolute atomic E-state index is 0.467. The maximum Gasteiger partial charge on any atom is 0.231 e. The van der Waals surface area contributed by atoms with Crippen LogP contribution in [-0.4, -0.2) is 26.5 Å². The van der Waals surface area contributed by atoms with Gasteiger partial charge in [0, 0.05) is 6.54 Å². The zero-order valence-corrected chi connectivity index (χ0v) is 5.78. The van der Waals surface area contributed by atoms with Crippen LogP contribution in [0.15, 0.2) is 0 Å². The van der Waals surface area contributed by atoms with Gasteiger partial charge in [0.25, 0.3) is 0 Å². The Hall–Kier alpha value is -0.110. The number of likely N-dealkylation sites (N-methyl/N-ethyl adjacent to an activating group) is 1. The molecule has 0 aromatic heterocycles. The summed E-state index contributed by atoms with van der Waals surface area (Å²) in [6, 6.07) is 0. The lowest BCUT2D eigenvalue weighted by Crippen LogP contribution is -2.11. The van der Waals surface area contributed by atoms with E-state index in [1.165, 1.54) is 0 Å². The Kier molecular flexibility index (Phi) is 4.97. The van der Waals surface area contributed by atoms with E-state index in [1.54, 1.807) is 7.05 Å². The third-order valence-corrected chi connectivity index (χ3v) is 1.06. The molecule has 0 aliphatic rings. The molecule has 0 fully saturated rings. The van der Waals surface area contributed by atoms with E-state index in [2.05, 4.69) is 16.1 Å². The van der Waals surface area contributed by atoms with Crippen LogP contribution in [0.4, 0.5) is 0 Å². The molecule has 8 heavy (non-hydrogen) atoms. The van der Waals surface area contributed by atoms with Crippen LogP contribution in [0, 0.1) is 0 Å². The van der Waals surface area contributed by atoms with Crippen molar-refractivity contribution in [3.63, 3.8) is 0 Å². The number of rotatable bonds is 4. The van der Waals surface area contributed by atoms with Crippen molar-refractivity contribution >= 4 is 14.0 Å². The van der Waals surface area contributed by atoms with Gasteiger partial charge in [-0.05, 0) is 13.3 Å². The van der Waals surface area contributed by atoms with Crippen LogP contribution < -0.4 is 5.32 Å². The standard InChI is InChI=1S/C4H10NO2P/c1-5-3-4-7-8(2)6/h5H,2-4H2,1H3. The van der Waals surface area contributed by atoms with Gasteiger partial charge in [-0.2, -0.15) is 0 Å². The average Bonchev–Trinajstić information content (AvgIpc) is 1.66. The van der Waals surface area contributed by atoms with Crippen molar-refractivity contribution in [3.8, 4) is 0 Å². The highest BCUT2D eigenvalue weighted by molar-refractivity contribution is 7.37. The molecule has 0 aliphatic carbocycles. The van der Waals surface area contributed by atoms with Crippen LogP contribution in [0.3, 0.4) is 0 Å². The van der Waals surface area contributed by atoms with E-state index < -0.39 is 7.65 Å². The summed E-state index contributed by atoms with van der Waals surface area (Å²) in [5, 5.41) is 2.84. The Balaban J connectivity index is 2.94. The Morgan fingerprint density at radius 2 is 2.50 bits per heavy atom. The maximum absolute atomic E-state index is 10.1. The molecule has 0 heterocycles. The first kappa shape index (κ1) is 7.89. The first-order valence-electron chi connectivity index (χ1n) is 2.32. The van der Waals surface area contributed by atoms with Crippen LogP contribution in [0.5, 0.6) is 0 Å². The maximum atomic E-state index is 10.1. The first-order valence-corrected chi connectivity index (χ1v) is 3.69. The fraction of sp³-hybridized carbons (Fsp3) is 0.750. The molecule has 0 saturated carbocycles. The van der Waals surface area contributed by atoms with E-state index in [1.807, 2.05) is 0 Å². The Morgan fingerprint density at radius 3 is 2.88 bits per heavy atom. The normalized spacial score (nSPS) is 11.4. The van der Waals surface area contributed by atoms with Gasteiger partial charge < -0.3 is 9.84 Å². The van der Waals surface area contributed by atoms with Crippen LogP contribution in [0.1, 0.15) is 0 Å². The largest absolute Gasteiger partial charge is 0.317 e. The van der Waals surface area contributed by atoms with Gasteiger partial charge in [0.15, 0.2) is 0 Å². The summed E-state index contributed by atoms with van der Waals surface area (Å²) in [5.74, 6) is 0. The van der Waals surface area contributed by atoms with Crippen molar-refractivity contribution in [2.24, 2.45) is 0 Å². The van der Waals surface area contributed by atoms with Gasteiger partial charge >= 0.3 is 0 Å². The number of hydrogen-bond donors (Lipinski definition) is 1. The topological polar surface area (TPSA) is 38.3 Å². The molecule has 0 amide bonds. The van der Waals surface area contributed by atoms with Crippen molar-refractivity contribution in [1.82, 2.24) is 5.32 Å². The molecule has 0 aliphatic heterocycles. The zero-order valence-electron chi connectivity index (χ0n) is 4.89. The van der Waals surface area contributed by atoms with Gasteiger partial charge in [-0.15, -0.1) is 0 Å². The summed E-state index contributed by atoms with van der Waals surface area (Å²) in [7, 11) is 0.153. The molecule has 48 valence electrons. The number of hydrogen-bond acceptors (Lipinski definition) is 3. The van der Waals surface area contributed by atoms with Crippen LogP contribution in [0.25, 0.3) is 0 Å². The molecule has 1 atom stereocenters. The van der Waals surface area contributed by atoms with Crippen molar-refractivity contribution in [2.45, 2.75) is 0 Å². The van der Waals surface area contributed by atoms with E-state index in [9.17, 15) is 4.57 Å². The summed E-state index contributed by atoms with van der Waals surface area (Å²) in [6.45, 7) is 1.19. The van der Waals surface area contributed by atoms with Crippen LogP contribution >= 0.6 is 7.65 Å². The van der Waals surface area contributed by atoms with Crippen LogP contribution in [0.2, 0.25) is 0 Å². The molecular weight excluding hydrogens is 125 g/mol. The first-order chi connectivity index (χ1) is 3.77. The van der Waals surface area contributed by atoms with Gasteiger partial charge in [-0.25, -0.2) is 0 Å². The van der Waals surface area contributed by atoms with Gasteiger partial charge in [-0.3, -0.25) is 4.57 Å². The summed E-state index contributed by atoms with van der Waals surface area (Å²) < 4.78 is 14.7. The van der Waals surface area contributed by atoms with Gasteiger partial charge in [0.05, 0.1) is 6.61 Å². The molecule has 0 spiro atoms. The van der Waals surface area contributed by atoms with Crippen LogP contribution in [-0.2, 0) is 9.09 Å². The quantitative estimate of drug-likeness (QED) is 0.447. The molecular formula is C4H10NO2P. The van der Waals surface area contributed by atoms with E-state index in [4.69, 9.17) is 0 Å². The second-order valence-corrected chi connectivity index (χ2v) is 2.19. The number of nitrogens with one attached hydrogen (secondary N) is 1. The highest BCUT2D eigenvalue weighted by atomic mass is 31.1. The lowest BCUT2D eigenvalue weighted by Gasteiger charge is -1.92. The smallest absolute Gasteiger partial charge is 0.231 e.